The Morgan fingerprint density at radius 1 is 1.43 bits per heavy atom. The van der Waals surface area contributed by atoms with Gasteiger partial charge < -0.3 is 10.7 Å². The molecule has 0 aromatic carbocycles. The van der Waals surface area contributed by atoms with Crippen molar-refractivity contribution in [1.82, 2.24) is 9.97 Å². The molecule has 2 heterocycles. The third kappa shape index (κ3) is 3.12. The van der Waals surface area contributed by atoms with Crippen LogP contribution in [0, 0.1) is 5.92 Å². The lowest BCUT2D eigenvalue weighted by Crippen LogP contribution is -2.18. The topological polar surface area (TPSA) is 88.8 Å². The van der Waals surface area contributed by atoms with E-state index in [9.17, 15) is 9.59 Å². The molecule has 5 heteroatoms. The van der Waals surface area contributed by atoms with E-state index in [1.807, 2.05) is 0 Å². The van der Waals surface area contributed by atoms with Crippen molar-refractivity contribution in [3.8, 4) is 0 Å². The van der Waals surface area contributed by atoms with Gasteiger partial charge in [0.1, 0.15) is 5.69 Å². The van der Waals surface area contributed by atoms with Gasteiger partial charge in [-0.3, -0.25) is 14.6 Å². The maximum atomic E-state index is 12.3. The fourth-order valence-electron chi connectivity index (χ4n) is 2.57. The Kier molecular flexibility index (Phi) is 4.40. The standard InChI is InChI=1S/C16H21N3O2/c1-4-9(2)7-10(3)12-8-13(20)14-11(19-12)5-6-18-15(14)16(17)21/h5-6,8-10H,4,7H2,1-3H3,(H2,17,21)(H,19,20). The number of aromatic amines is 1. The Bertz CT molecular complexity index is 721. The zero-order valence-electron chi connectivity index (χ0n) is 12.6. The summed E-state index contributed by atoms with van der Waals surface area (Å²) >= 11 is 0. The van der Waals surface area contributed by atoms with Crippen LogP contribution in [0.4, 0.5) is 0 Å². The molecule has 3 N–H and O–H groups in total. The van der Waals surface area contributed by atoms with Crippen LogP contribution in [-0.2, 0) is 0 Å². The van der Waals surface area contributed by atoms with Crippen LogP contribution in [0.2, 0.25) is 0 Å². The fourth-order valence-corrected chi connectivity index (χ4v) is 2.57. The number of pyridine rings is 2. The maximum Gasteiger partial charge on any atom is 0.268 e. The van der Waals surface area contributed by atoms with Gasteiger partial charge in [-0.15, -0.1) is 0 Å². The highest BCUT2D eigenvalue weighted by molar-refractivity contribution is 6.03. The van der Waals surface area contributed by atoms with Crippen molar-refractivity contribution in [2.75, 3.05) is 0 Å². The van der Waals surface area contributed by atoms with E-state index in [0.29, 0.717) is 11.4 Å². The smallest absolute Gasteiger partial charge is 0.268 e. The lowest BCUT2D eigenvalue weighted by Gasteiger charge is -2.16. The van der Waals surface area contributed by atoms with Gasteiger partial charge in [-0.1, -0.05) is 27.2 Å². The Hall–Kier alpha value is -2.17. The Morgan fingerprint density at radius 3 is 2.76 bits per heavy atom. The van der Waals surface area contributed by atoms with E-state index in [-0.39, 0.29) is 22.4 Å². The summed E-state index contributed by atoms with van der Waals surface area (Å²) in [6.07, 6.45) is 3.60. The summed E-state index contributed by atoms with van der Waals surface area (Å²) in [6, 6.07) is 3.26. The minimum atomic E-state index is -0.688. The van der Waals surface area contributed by atoms with Crippen LogP contribution in [0.1, 0.15) is 55.7 Å². The summed E-state index contributed by atoms with van der Waals surface area (Å²) < 4.78 is 0. The molecule has 2 rings (SSSR count). The number of aromatic nitrogens is 2. The molecule has 2 atom stereocenters. The minimum absolute atomic E-state index is 0.0230. The minimum Gasteiger partial charge on any atom is -0.364 e. The first-order valence-corrected chi connectivity index (χ1v) is 7.25. The molecule has 2 aromatic rings. The third-order valence-corrected chi connectivity index (χ3v) is 3.98. The fraction of sp³-hybridized carbons (Fsp3) is 0.438. The number of primary amides is 1. The number of hydrogen-bond donors (Lipinski definition) is 2. The van der Waals surface area contributed by atoms with E-state index in [0.717, 1.165) is 18.5 Å². The van der Waals surface area contributed by atoms with Crippen molar-refractivity contribution in [2.45, 2.75) is 39.5 Å². The number of amides is 1. The maximum absolute atomic E-state index is 12.3. The summed E-state index contributed by atoms with van der Waals surface area (Å²) in [7, 11) is 0. The van der Waals surface area contributed by atoms with Gasteiger partial charge in [-0.05, 0) is 24.3 Å². The molecule has 5 nitrogen and oxygen atoms in total. The molecule has 112 valence electrons. The molecule has 1 amide bonds. The normalized spacial score (nSPS) is 14.0. The molecule has 0 saturated heterocycles. The summed E-state index contributed by atoms with van der Waals surface area (Å²) in [4.78, 5) is 30.8. The van der Waals surface area contributed by atoms with Crippen molar-refractivity contribution in [2.24, 2.45) is 11.7 Å². The van der Waals surface area contributed by atoms with Crippen LogP contribution in [0.5, 0.6) is 0 Å². The number of H-pyrrole nitrogens is 1. The van der Waals surface area contributed by atoms with Crippen LogP contribution >= 0.6 is 0 Å². The van der Waals surface area contributed by atoms with Crippen LogP contribution < -0.4 is 11.2 Å². The summed E-state index contributed by atoms with van der Waals surface area (Å²) in [5.41, 5.74) is 6.58. The SMILES string of the molecule is CCC(C)CC(C)c1cc(=O)c2c(C(N)=O)nccc2[nH]1. The zero-order chi connectivity index (χ0) is 15.6. The highest BCUT2D eigenvalue weighted by atomic mass is 16.1. The van der Waals surface area contributed by atoms with Gasteiger partial charge in [-0.2, -0.15) is 0 Å². The van der Waals surface area contributed by atoms with E-state index < -0.39 is 5.91 Å². The largest absolute Gasteiger partial charge is 0.364 e. The lowest BCUT2D eigenvalue weighted by molar-refractivity contribution is 0.0997. The second kappa shape index (κ2) is 6.08. The molecule has 0 fully saturated rings. The van der Waals surface area contributed by atoms with E-state index >= 15 is 0 Å². The number of carbonyl (C=O) groups is 1. The van der Waals surface area contributed by atoms with Gasteiger partial charge in [0.25, 0.3) is 5.91 Å². The quantitative estimate of drug-likeness (QED) is 0.885. The highest BCUT2D eigenvalue weighted by Crippen LogP contribution is 2.24. The highest BCUT2D eigenvalue weighted by Gasteiger charge is 2.16. The van der Waals surface area contributed by atoms with E-state index in [2.05, 4.69) is 30.7 Å². The van der Waals surface area contributed by atoms with Gasteiger partial charge in [0.05, 0.1) is 10.9 Å². The van der Waals surface area contributed by atoms with E-state index in [4.69, 9.17) is 5.73 Å². The summed E-state index contributed by atoms with van der Waals surface area (Å²) in [6.45, 7) is 6.45. The van der Waals surface area contributed by atoms with Crippen molar-refractivity contribution < 1.29 is 4.79 Å². The van der Waals surface area contributed by atoms with Crippen LogP contribution in [-0.4, -0.2) is 15.9 Å². The second-order valence-corrected chi connectivity index (χ2v) is 5.69. The average molecular weight is 287 g/mol. The molecular weight excluding hydrogens is 266 g/mol. The molecule has 0 aliphatic carbocycles. The van der Waals surface area contributed by atoms with Crippen LogP contribution in [0.25, 0.3) is 10.9 Å². The van der Waals surface area contributed by atoms with Crippen molar-refractivity contribution in [3.05, 3.63) is 39.9 Å². The number of nitrogens with two attached hydrogens (primary N) is 1. The zero-order valence-corrected chi connectivity index (χ0v) is 12.6. The Balaban J connectivity index is 2.51. The van der Waals surface area contributed by atoms with Gasteiger partial charge in [0.2, 0.25) is 0 Å². The summed E-state index contributed by atoms with van der Waals surface area (Å²) in [5.74, 6) is 0.159. The number of nitrogens with one attached hydrogen (secondary N) is 1. The van der Waals surface area contributed by atoms with Crippen molar-refractivity contribution in [1.29, 1.82) is 0 Å². The van der Waals surface area contributed by atoms with Crippen molar-refractivity contribution >= 4 is 16.8 Å². The lowest BCUT2D eigenvalue weighted by atomic mass is 9.92. The van der Waals surface area contributed by atoms with Gasteiger partial charge >= 0.3 is 0 Å². The first-order chi connectivity index (χ1) is 9.93. The third-order valence-electron chi connectivity index (χ3n) is 3.98. The number of nitrogens with zero attached hydrogens (tertiary/aromatic N) is 1. The monoisotopic (exact) mass is 287 g/mol. The summed E-state index contributed by atoms with van der Waals surface area (Å²) in [5, 5.41) is 0.268. The first-order valence-electron chi connectivity index (χ1n) is 7.25. The number of hydrogen-bond acceptors (Lipinski definition) is 3. The predicted molar refractivity (Wildman–Crippen MR) is 83.4 cm³/mol. The van der Waals surface area contributed by atoms with Crippen LogP contribution in [0.15, 0.2) is 23.1 Å². The molecule has 0 saturated carbocycles. The van der Waals surface area contributed by atoms with E-state index in [1.54, 1.807) is 12.1 Å². The Labute approximate surface area is 123 Å². The number of carbonyl (C=O) groups excluding carboxylic acids is 1. The molecular formula is C16H21N3O2. The molecule has 0 bridgehead atoms. The number of rotatable bonds is 5. The molecule has 0 radical (unpaired) electrons. The van der Waals surface area contributed by atoms with E-state index in [1.165, 1.54) is 6.20 Å². The average Bonchev–Trinajstić information content (AvgIpc) is 2.46. The number of fused-ring (bicyclic) bond motifs is 1. The second-order valence-electron chi connectivity index (χ2n) is 5.69. The molecule has 0 spiro atoms. The first kappa shape index (κ1) is 15.2. The predicted octanol–water partition coefficient (Wildman–Crippen LogP) is 2.56. The van der Waals surface area contributed by atoms with Crippen molar-refractivity contribution in [3.63, 3.8) is 0 Å². The molecule has 0 aliphatic rings. The Morgan fingerprint density at radius 2 is 2.14 bits per heavy atom. The van der Waals surface area contributed by atoms with Gasteiger partial charge in [0.15, 0.2) is 5.43 Å². The van der Waals surface area contributed by atoms with Gasteiger partial charge in [-0.25, -0.2) is 0 Å². The van der Waals surface area contributed by atoms with Gasteiger partial charge in [0, 0.05) is 18.0 Å². The molecule has 2 aromatic heterocycles. The molecule has 2 unspecified atom stereocenters. The van der Waals surface area contributed by atoms with Crippen LogP contribution in [0.3, 0.4) is 0 Å². The molecule has 0 aliphatic heterocycles. The molecule has 21 heavy (non-hydrogen) atoms.